The summed E-state index contributed by atoms with van der Waals surface area (Å²) in [7, 11) is 4.23. The van der Waals surface area contributed by atoms with Gasteiger partial charge in [0.15, 0.2) is 0 Å². The predicted molar refractivity (Wildman–Crippen MR) is 63.6 cm³/mol. The molecule has 0 amide bonds. The van der Waals surface area contributed by atoms with Crippen molar-refractivity contribution in [2.24, 2.45) is 5.73 Å². The maximum Gasteiger partial charge on any atom is 0.0275 e. The minimum absolute atomic E-state index is 0.140. The highest BCUT2D eigenvalue weighted by molar-refractivity contribution is 4.81. The average molecular weight is 201 g/mol. The molecule has 2 N–H and O–H groups in total. The van der Waals surface area contributed by atoms with Crippen LogP contribution in [0.25, 0.3) is 0 Å². The Morgan fingerprint density at radius 1 is 1.14 bits per heavy atom. The van der Waals surface area contributed by atoms with Gasteiger partial charge in [0, 0.05) is 12.1 Å². The van der Waals surface area contributed by atoms with Gasteiger partial charge in [-0.05, 0) is 54.0 Å². The highest BCUT2D eigenvalue weighted by Crippen LogP contribution is 2.12. The Kier molecular flexibility index (Phi) is 6.33. The van der Waals surface area contributed by atoms with Crippen molar-refractivity contribution >= 4 is 0 Å². The Morgan fingerprint density at radius 3 is 2.07 bits per heavy atom. The zero-order valence-corrected chi connectivity index (χ0v) is 10.5. The van der Waals surface area contributed by atoms with Gasteiger partial charge in [0.25, 0.3) is 0 Å². The molecule has 0 aromatic rings. The maximum absolute atomic E-state index is 5.76. The van der Waals surface area contributed by atoms with Crippen LogP contribution in [0, 0.1) is 0 Å². The first-order chi connectivity index (χ1) is 6.44. The number of nitrogens with zero attached hydrogens (tertiary/aromatic N) is 2. The van der Waals surface area contributed by atoms with Crippen molar-refractivity contribution in [1.29, 1.82) is 0 Å². The topological polar surface area (TPSA) is 32.5 Å². The van der Waals surface area contributed by atoms with E-state index in [1.165, 1.54) is 6.42 Å². The molecule has 0 saturated carbocycles. The first-order valence-corrected chi connectivity index (χ1v) is 5.54. The first-order valence-electron chi connectivity index (χ1n) is 5.54. The number of hydrogen-bond acceptors (Lipinski definition) is 3. The molecule has 14 heavy (non-hydrogen) atoms. The second kappa shape index (κ2) is 6.38. The maximum atomic E-state index is 5.76. The summed E-state index contributed by atoms with van der Waals surface area (Å²) in [5, 5.41) is 0. The number of rotatable bonds is 7. The second-order valence-electron chi connectivity index (χ2n) is 4.75. The molecule has 3 heteroatoms. The molecule has 0 atom stereocenters. The van der Waals surface area contributed by atoms with Crippen molar-refractivity contribution in [2.45, 2.75) is 32.7 Å². The summed E-state index contributed by atoms with van der Waals surface area (Å²) in [6, 6.07) is 0. The zero-order valence-electron chi connectivity index (χ0n) is 10.5. The Labute approximate surface area is 89.2 Å². The van der Waals surface area contributed by atoms with Crippen LogP contribution in [-0.4, -0.2) is 55.6 Å². The van der Waals surface area contributed by atoms with Crippen LogP contribution in [0.2, 0.25) is 0 Å². The summed E-state index contributed by atoms with van der Waals surface area (Å²) in [6.45, 7) is 10.7. The largest absolute Gasteiger partial charge is 0.329 e. The van der Waals surface area contributed by atoms with Crippen molar-refractivity contribution in [3.63, 3.8) is 0 Å². The van der Waals surface area contributed by atoms with Gasteiger partial charge in [0.1, 0.15) is 0 Å². The normalized spacial score (nSPS) is 12.9. The molecular formula is C11H27N3. The minimum Gasteiger partial charge on any atom is -0.329 e. The molecule has 0 spiro atoms. The van der Waals surface area contributed by atoms with E-state index in [0.29, 0.717) is 0 Å². The molecule has 0 aromatic carbocycles. The standard InChI is InChI=1S/C11H27N3/c1-6-14(11(2,3)10-12)9-7-8-13(4)5/h6-10,12H2,1-5H3. The molecule has 0 bridgehead atoms. The Morgan fingerprint density at radius 2 is 1.71 bits per heavy atom. The monoisotopic (exact) mass is 201 g/mol. The minimum atomic E-state index is 0.140. The van der Waals surface area contributed by atoms with E-state index in [0.717, 1.165) is 26.2 Å². The van der Waals surface area contributed by atoms with Gasteiger partial charge in [-0.25, -0.2) is 0 Å². The smallest absolute Gasteiger partial charge is 0.0275 e. The lowest BCUT2D eigenvalue weighted by Gasteiger charge is -2.37. The predicted octanol–water partition coefficient (Wildman–Crippen LogP) is 0.997. The highest BCUT2D eigenvalue weighted by atomic mass is 15.2. The average Bonchev–Trinajstić information content (AvgIpc) is 2.11. The number of nitrogens with two attached hydrogens (primary N) is 1. The lowest BCUT2D eigenvalue weighted by molar-refractivity contribution is 0.129. The Hall–Kier alpha value is -0.120. The fourth-order valence-corrected chi connectivity index (χ4v) is 1.60. The second-order valence-corrected chi connectivity index (χ2v) is 4.75. The van der Waals surface area contributed by atoms with E-state index in [9.17, 15) is 0 Å². The van der Waals surface area contributed by atoms with Crippen LogP contribution in [0.5, 0.6) is 0 Å². The van der Waals surface area contributed by atoms with Crippen LogP contribution in [0.1, 0.15) is 27.2 Å². The van der Waals surface area contributed by atoms with Crippen LogP contribution in [0.3, 0.4) is 0 Å². The van der Waals surface area contributed by atoms with Gasteiger partial charge >= 0.3 is 0 Å². The number of likely N-dealkylation sites (N-methyl/N-ethyl adjacent to an activating group) is 1. The van der Waals surface area contributed by atoms with Crippen LogP contribution in [-0.2, 0) is 0 Å². The molecule has 0 aromatic heterocycles. The van der Waals surface area contributed by atoms with E-state index >= 15 is 0 Å². The van der Waals surface area contributed by atoms with Gasteiger partial charge < -0.3 is 10.6 Å². The van der Waals surface area contributed by atoms with Crippen molar-refractivity contribution in [3.05, 3.63) is 0 Å². The van der Waals surface area contributed by atoms with Gasteiger partial charge in [-0.15, -0.1) is 0 Å². The molecule has 3 nitrogen and oxygen atoms in total. The summed E-state index contributed by atoms with van der Waals surface area (Å²) in [5.74, 6) is 0. The summed E-state index contributed by atoms with van der Waals surface area (Å²) in [6.07, 6.45) is 1.21. The van der Waals surface area contributed by atoms with E-state index in [2.05, 4.69) is 44.7 Å². The molecular weight excluding hydrogens is 174 g/mol. The van der Waals surface area contributed by atoms with Crippen molar-refractivity contribution in [3.8, 4) is 0 Å². The van der Waals surface area contributed by atoms with Crippen molar-refractivity contribution < 1.29 is 0 Å². The van der Waals surface area contributed by atoms with Crippen LogP contribution in [0.15, 0.2) is 0 Å². The van der Waals surface area contributed by atoms with Gasteiger partial charge in [0.05, 0.1) is 0 Å². The molecule has 86 valence electrons. The third-order valence-corrected chi connectivity index (χ3v) is 2.77. The van der Waals surface area contributed by atoms with Gasteiger partial charge in [-0.2, -0.15) is 0 Å². The number of hydrogen-bond donors (Lipinski definition) is 1. The van der Waals surface area contributed by atoms with Gasteiger partial charge in [-0.1, -0.05) is 6.92 Å². The molecule has 0 aliphatic carbocycles. The molecule has 0 aliphatic rings. The summed E-state index contributed by atoms with van der Waals surface area (Å²) in [4.78, 5) is 4.68. The third-order valence-electron chi connectivity index (χ3n) is 2.77. The molecule has 0 radical (unpaired) electrons. The lowest BCUT2D eigenvalue weighted by atomic mass is 10.0. The Bertz CT molecular complexity index is 143. The van der Waals surface area contributed by atoms with Crippen LogP contribution < -0.4 is 5.73 Å². The van der Waals surface area contributed by atoms with Crippen LogP contribution in [0.4, 0.5) is 0 Å². The van der Waals surface area contributed by atoms with Gasteiger partial charge in [-0.3, -0.25) is 4.90 Å². The quantitative estimate of drug-likeness (QED) is 0.667. The first kappa shape index (κ1) is 13.9. The van der Waals surface area contributed by atoms with Crippen molar-refractivity contribution in [1.82, 2.24) is 9.80 Å². The molecule has 0 rings (SSSR count). The van der Waals surface area contributed by atoms with Crippen molar-refractivity contribution in [2.75, 3.05) is 40.3 Å². The third kappa shape index (κ3) is 4.94. The Balaban J connectivity index is 3.91. The van der Waals surface area contributed by atoms with Gasteiger partial charge in [0.2, 0.25) is 0 Å². The zero-order chi connectivity index (χ0) is 11.2. The van der Waals surface area contributed by atoms with E-state index in [1.54, 1.807) is 0 Å². The molecule has 0 fully saturated rings. The molecule has 0 saturated heterocycles. The molecule has 0 aliphatic heterocycles. The summed E-state index contributed by atoms with van der Waals surface area (Å²) >= 11 is 0. The van der Waals surface area contributed by atoms with E-state index in [1.807, 2.05) is 0 Å². The summed E-state index contributed by atoms with van der Waals surface area (Å²) in [5.41, 5.74) is 5.90. The molecule has 0 heterocycles. The SMILES string of the molecule is CCN(CCCN(C)C)C(C)(C)CN. The summed E-state index contributed by atoms with van der Waals surface area (Å²) < 4.78 is 0. The van der Waals surface area contributed by atoms with E-state index in [4.69, 9.17) is 5.73 Å². The lowest BCUT2D eigenvalue weighted by Crippen LogP contribution is -2.49. The molecule has 0 unspecified atom stereocenters. The fourth-order valence-electron chi connectivity index (χ4n) is 1.60. The van der Waals surface area contributed by atoms with E-state index < -0.39 is 0 Å². The van der Waals surface area contributed by atoms with E-state index in [-0.39, 0.29) is 5.54 Å². The van der Waals surface area contributed by atoms with Crippen LogP contribution >= 0.6 is 0 Å². The fraction of sp³-hybridized carbons (Fsp3) is 1.00. The highest BCUT2D eigenvalue weighted by Gasteiger charge is 2.22.